The molecular weight excluding hydrogens is 246 g/mol. The summed E-state index contributed by atoms with van der Waals surface area (Å²) in [5.41, 5.74) is 0.855. The second kappa shape index (κ2) is 5.31. The van der Waals surface area contributed by atoms with Gasteiger partial charge < -0.3 is 10.4 Å². The van der Waals surface area contributed by atoms with Gasteiger partial charge in [0.05, 0.1) is 6.10 Å². The Morgan fingerprint density at radius 1 is 1.53 bits per heavy atom. The summed E-state index contributed by atoms with van der Waals surface area (Å²) in [6.07, 6.45) is 1.64. The number of nitrogens with zero attached hydrogens (tertiary/aromatic N) is 4. The third kappa shape index (κ3) is 3.05. The van der Waals surface area contributed by atoms with Crippen LogP contribution in [0.2, 0.25) is 0 Å². The van der Waals surface area contributed by atoms with Gasteiger partial charge >= 0.3 is 0 Å². The van der Waals surface area contributed by atoms with Crippen LogP contribution in [0.25, 0.3) is 5.78 Å². The minimum absolute atomic E-state index is 0.0826. The topological polar surface area (TPSA) is 92.4 Å². The van der Waals surface area contributed by atoms with Gasteiger partial charge in [-0.15, -0.1) is 5.10 Å². The van der Waals surface area contributed by atoms with Crippen LogP contribution in [0, 0.1) is 6.92 Å². The number of carbonyl (C=O) groups excluding carboxylic acids is 1. The highest BCUT2D eigenvalue weighted by Gasteiger charge is 2.17. The Labute approximate surface area is 110 Å². The lowest BCUT2D eigenvalue weighted by atomic mass is 10.1. The quantitative estimate of drug-likeness (QED) is 0.829. The number of aliphatic hydroxyl groups excluding tert-OH is 1. The lowest BCUT2D eigenvalue weighted by Gasteiger charge is -2.13. The number of aliphatic hydroxyl groups is 1. The monoisotopic (exact) mass is 263 g/mol. The van der Waals surface area contributed by atoms with Crippen molar-refractivity contribution >= 4 is 11.7 Å². The van der Waals surface area contributed by atoms with Crippen molar-refractivity contribution in [3.8, 4) is 0 Å². The number of aromatic nitrogens is 4. The maximum absolute atomic E-state index is 12.0. The molecule has 102 valence electrons. The molecule has 2 aromatic heterocycles. The van der Waals surface area contributed by atoms with E-state index < -0.39 is 6.10 Å². The third-order valence-electron chi connectivity index (χ3n) is 2.71. The van der Waals surface area contributed by atoms with Crippen LogP contribution >= 0.6 is 0 Å². The van der Waals surface area contributed by atoms with Gasteiger partial charge in [0.25, 0.3) is 11.7 Å². The van der Waals surface area contributed by atoms with Crippen LogP contribution in [0.15, 0.2) is 12.3 Å². The Kier molecular flexibility index (Phi) is 3.75. The maximum atomic E-state index is 12.0. The molecule has 2 atom stereocenters. The summed E-state index contributed by atoms with van der Waals surface area (Å²) in [4.78, 5) is 20.1. The molecule has 0 aliphatic heterocycles. The highest BCUT2D eigenvalue weighted by Crippen LogP contribution is 2.03. The molecule has 0 spiro atoms. The number of hydrogen-bond donors (Lipinski definition) is 2. The smallest absolute Gasteiger partial charge is 0.291 e. The van der Waals surface area contributed by atoms with Crippen LogP contribution in [0.4, 0.5) is 0 Å². The maximum Gasteiger partial charge on any atom is 0.291 e. The summed E-state index contributed by atoms with van der Waals surface area (Å²) >= 11 is 0. The molecule has 1 amide bonds. The van der Waals surface area contributed by atoms with Crippen molar-refractivity contribution in [2.24, 2.45) is 0 Å². The van der Waals surface area contributed by atoms with Gasteiger partial charge in [-0.1, -0.05) is 0 Å². The molecule has 2 rings (SSSR count). The average molecular weight is 263 g/mol. The molecule has 0 bridgehead atoms. The van der Waals surface area contributed by atoms with Gasteiger partial charge in [0, 0.05) is 17.9 Å². The SMILES string of the molecule is Cc1ccnc2nc(C(=O)NC(C)CC(C)O)nn12. The summed E-state index contributed by atoms with van der Waals surface area (Å²) in [7, 11) is 0. The zero-order valence-corrected chi connectivity index (χ0v) is 11.2. The zero-order valence-electron chi connectivity index (χ0n) is 11.2. The third-order valence-corrected chi connectivity index (χ3v) is 2.71. The normalized spacial score (nSPS) is 14.3. The molecular formula is C12H17N5O2. The molecule has 7 heteroatoms. The second-order valence-electron chi connectivity index (χ2n) is 4.69. The van der Waals surface area contributed by atoms with Gasteiger partial charge in [0.1, 0.15) is 0 Å². The van der Waals surface area contributed by atoms with Gasteiger partial charge in [-0.25, -0.2) is 9.50 Å². The minimum Gasteiger partial charge on any atom is -0.393 e. The van der Waals surface area contributed by atoms with E-state index in [-0.39, 0.29) is 17.8 Å². The first kappa shape index (κ1) is 13.4. The first-order valence-corrected chi connectivity index (χ1v) is 6.14. The van der Waals surface area contributed by atoms with Crippen LogP contribution in [0.1, 0.15) is 36.6 Å². The van der Waals surface area contributed by atoms with Crippen molar-refractivity contribution < 1.29 is 9.90 Å². The summed E-state index contributed by atoms with van der Waals surface area (Å²) < 4.78 is 1.52. The van der Waals surface area contributed by atoms with E-state index in [1.807, 2.05) is 13.8 Å². The van der Waals surface area contributed by atoms with Crippen molar-refractivity contribution in [1.29, 1.82) is 0 Å². The predicted octanol–water partition coefficient (Wildman–Crippen LogP) is 0.322. The van der Waals surface area contributed by atoms with Gasteiger partial charge in [-0.3, -0.25) is 4.79 Å². The van der Waals surface area contributed by atoms with Crippen LogP contribution in [-0.4, -0.2) is 42.7 Å². The van der Waals surface area contributed by atoms with E-state index in [9.17, 15) is 9.90 Å². The minimum atomic E-state index is -0.465. The van der Waals surface area contributed by atoms with Crippen molar-refractivity contribution in [2.45, 2.75) is 39.3 Å². The summed E-state index contributed by atoms with van der Waals surface area (Å²) in [5, 5.41) is 16.1. The molecule has 0 aliphatic rings. The van der Waals surface area contributed by atoms with Crippen LogP contribution in [0.3, 0.4) is 0 Å². The Bertz CT molecular complexity index is 593. The number of fused-ring (bicyclic) bond motifs is 1. The van der Waals surface area contributed by atoms with E-state index >= 15 is 0 Å². The highest BCUT2D eigenvalue weighted by atomic mass is 16.3. The van der Waals surface area contributed by atoms with E-state index in [0.717, 1.165) is 5.69 Å². The number of hydrogen-bond acceptors (Lipinski definition) is 5. The fraction of sp³-hybridized carbons (Fsp3) is 0.500. The van der Waals surface area contributed by atoms with E-state index in [1.165, 1.54) is 4.52 Å². The van der Waals surface area contributed by atoms with Gasteiger partial charge in [-0.2, -0.15) is 4.98 Å². The Morgan fingerprint density at radius 3 is 2.89 bits per heavy atom. The summed E-state index contributed by atoms with van der Waals surface area (Å²) in [5.74, 6) is 0.116. The van der Waals surface area contributed by atoms with E-state index in [0.29, 0.717) is 12.2 Å². The van der Waals surface area contributed by atoms with Gasteiger partial charge in [-0.05, 0) is 33.3 Å². The molecule has 0 radical (unpaired) electrons. The Morgan fingerprint density at radius 2 is 2.26 bits per heavy atom. The Hall–Kier alpha value is -2.02. The molecule has 2 N–H and O–H groups in total. The fourth-order valence-corrected chi connectivity index (χ4v) is 1.86. The number of rotatable bonds is 4. The summed E-state index contributed by atoms with van der Waals surface area (Å²) in [6, 6.07) is 1.65. The highest BCUT2D eigenvalue weighted by molar-refractivity contribution is 5.90. The first-order valence-electron chi connectivity index (χ1n) is 6.14. The number of amides is 1. The predicted molar refractivity (Wildman–Crippen MR) is 68.7 cm³/mol. The summed E-state index contributed by atoms with van der Waals surface area (Å²) in [6.45, 7) is 5.37. The lowest BCUT2D eigenvalue weighted by Crippen LogP contribution is -2.35. The largest absolute Gasteiger partial charge is 0.393 e. The molecule has 0 saturated heterocycles. The number of aryl methyl sites for hydroxylation is 1. The lowest BCUT2D eigenvalue weighted by molar-refractivity contribution is 0.0913. The van der Waals surface area contributed by atoms with E-state index in [1.54, 1.807) is 19.2 Å². The van der Waals surface area contributed by atoms with E-state index in [2.05, 4.69) is 20.4 Å². The molecule has 0 saturated carbocycles. The molecule has 0 fully saturated rings. The fourth-order valence-electron chi connectivity index (χ4n) is 1.86. The number of carbonyl (C=O) groups is 1. The first-order chi connectivity index (χ1) is 8.97. The zero-order chi connectivity index (χ0) is 14.0. The van der Waals surface area contributed by atoms with Crippen molar-refractivity contribution in [1.82, 2.24) is 24.9 Å². The number of nitrogens with one attached hydrogen (secondary N) is 1. The van der Waals surface area contributed by atoms with Gasteiger partial charge in [0.2, 0.25) is 5.82 Å². The standard InChI is InChI=1S/C12H17N5O2/c1-7(6-9(3)18)14-11(19)10-15-12-13-5-4-8(2)17(12)16-10/h4-5,7,9,18H,6H2,1-3H3,(H,14,19). The van der Waals surface area contributed by atoms with Crippen molar-refractivity contribution in [3.63, 3.8) is 0 Å². The molecule has 0 aromatic carbocycles. The van der Waals surface area contributed by atoms with Crippen LogP contribution in [0.5, 0.6) is 0 Å². The van der Waals surface area contributed by atoms with Crippen molar-refractivity contribution in [3.05, 3.63) is 23.8 Å². The van der Waals surface area contributed by atoms with Crippen molar-refractivity contribution in [2.75, 3.05) is 0 Å². The average Bonchev–Trinajstić information content (AvgIpc) is 2.73. The van der Waals surface area contributed by atoms with E-state index in [4.69, 9.17) is 0 Å². The van der Waals surface area contributed by atoms with Crippen LogP contribution < -0.4 is 5.32 Å². The molecule has 7 nitrogen and oxygen atoms in total. The molecule has 2 unspecified atom stereocenters. The molecule has 0 aliphatic carbocycles. The second-order valence-corrected chi connectivity index (χ2v) is 4.69. The Balaban J connectivity index is 2.15. The van der Waals surface area contributed by atoms with Gasteiger partial charge in [0.15, 0.2) is 0 Å². The molecule has 19 heavy (non-hydrogen) atoms. The molecule has 2 heterocycles. The molecule has 2 aromatic rings. The van der Waals surface area contributed by atoms with Crippen LogP contribution in [-0.2, 0) is 0 Å².